The van der Waals surface area contributed by atoms with Crippen LogP contribution in [0.5, 0.6) is 0 Å². The third-order valence-corrected chi connectivity index (χ3v) is 5.34. The van der Waals surface area contributed by atoms with Gasteiger partial charge in [-0.25, -0.2) is 0 Å². The molecule has 2 N–H and O–H groups in total. The molecule has 1 nitrogen and oxygen atoms in total. The van der Waals surface area contributed by atoms with Crippen molar-refractivity contribution in [3.05, 3.63) is 29.3 Å². The molecule has 1 aromatic rings. The molecule has 1 unspecified atom stereocenters. The Hall–Kier alpha value is -0.470. The number of aryl methyl sites for hydroxylation is 2. The average Bonchev–Trinajstić information content (AvgIpc) is 2.38. The van der Waals surface area contributed by atoms with Gasteiger partial charge in [0.05, 0.1) is 0 Å². The van der Waals surface area contributed by atoms with Crippen LogP contribution in [0.25, 0.3) is 0 Å². The molecule has 1 aliphatic carbocycles. The molecule has 0 aromatic heterocycles. The molecule has 100 valence electrons. The third kappa shape index (κ3) is 3.76. The summed E-state index contributed by atoms with van der Waals surface area (Å²) in [5, 5.41) is 0. The zero-order valence-electron chi connectivity index (χ0n) is 11.6. The van der Waals surface area contributed by atoms with Crippen molar-refractivity contribution < 1.29 is 0 Å². The summed E-state index contributed by atoms with van der Waals surface area (Å²) in [5.74, 6) is 1.83. The van der Waals surface area contributed by atoms with E-state index in [1.165, 1.54) is 48.1 Å². The fourth-order valence-corrected chi connectivity index (χ4v) is 3.94. The normalized spacial score (nSPS) is 18.8. The molecule has 0 saturated heterocycles. The van der Waals surface area contributed by atoms with Gasteiger partial charge in [-0.05, 0) is 44.2 Å². The van der Waals surface area contributed by atoms with Gasteiger partial charge in [-0.15, -0.1) is 11.8 Å². The highest BCUT2D eigenvalue weighted by Crippen LogP contribution is 2.30. The summed E-state index contributed by atoms with van der Waals surface area (Å²) < 4.78 is 0. The zero-order chi connectivity index (χ0) is 13.0. The van der Waals surface area contributed by atoms with Gasteiger partial charge < -0.3 is 5.73 Å². The number of hydrogen-bond donors (Lipinski definition) is 1. The van der Waals surface area contributed by atoms with E-state index in [0.717, 1.165) is 11.7 Å². The number of hydrogen-bond acceptors (Lipinski definition) is 2. The van der Waals surface area contributed by atoms with Gasteiger partial charge in [0.2, 0.25) is 0 Å². The average molecular weight is 263 g/mol. The van der Waals surface area contributed by atoms with Crippen LogP contribution in [0.4, 0.5) is 0 Å². The highest BCUT2D eigenvalue weighted by Gasteiger charge is 2.20. The van der Waals surface area contributed by atoms with E-state index >= 15 is 0 Å². The molecule has 2 rings (SSSR count). The summed E-state index contributed by atoms with van der Waals surface area (Å²) in [5.41, 5.74) is 9.08. The van der Waals surface area contributed by atoms with Crippen LogP contribution >= 0.6 is 11.8 Å². The van der Waals surface area contributed by atoms with Gasteiger partial charge in [0.25, 0.3) is 0 Å². The lowest BCUT2D eigenvalue weighted by Gasteiger charge is -2.27. The van der Waals surface area contributed by atoms with Crippen molar-refractivity contribution in [2.24, 2.45) is 11.7 Å². The first-order valence-electron chi connectivity index (χ1n) is 7.12. The van der Waals surface area contributed by atoms with E-state index in [1.54, 1.807) is 0 Å². The Labute approximate surface area is 116 Å². The second-order valence-corrected chi connectivity index (χ2v) is 6.70. The lowest BCUT2D eigenvalue weighted by molar-refractivity contribution is 0.319. The molecule has 1 aliphatic rings. The SMILES string of the molecule is Cc1ccc(SCC(N)C2CCCCC2)c(C)c1. The summed E-state index contributed by atoms with van der Waals surface area (Å²) in [7, 11) is 0. The van der Waals surface area contributed by atoms with E-state index < -0.39 is 0 Å². The number of benzene rings is 1. The molecule has 2 heteroatoms. The second kappa shape index (κ2) is 6.63. The maximum atomic E-state index is 6.36. The van der Waals surface area contributed by atoms with Crippen molar-refractivity contribution in [3.63, 3.8) is 0 Å². The Morgan fingerprint density at radius 2 is 1.94 bits per heavy atom. The van der Waals surface area contributed by atoms with E-state index in [1.807, 2.05) is 11.8 Å². The van der Waals surface area contributed by atoms with Crippen LogP contribution in [0.1, 0.15) is 43.2 Å². The maximum Gasteiger partial charge on any atom is 0.0162 e. The topological polar surface area (TPSA) is 26.0 Å². The largest absolute Gasteiger partial charge is 0.327 e. The van der Waals surface area contributed by atoms with Gasteiger partial charge in [-0.1, -0.05) is 37.0 Å². The van der Waals surface area contributed by atoms with Gasteiger partial charge >= 0.3 is 0 Å². The minimum Gasteiger partial charge on any atom is -0.327 e. The standard InChI is InChI=1S/C16H25NS/c1-12-8-9-16(13(2)10-12)18-11-15(17)14-6-4-3-5-7-14/h8-10,14-15H,3-7,11,17H2,1-2H3. The Morgan fingerprint density at radius 3 is 2.61 bits per heavy atom. The minimum absolute atomic E-state index is 0.371. The van der Waals surface area contributed by atoms with Crippen molar-refractivity contribution >= 4 is 11.8 Å². The Bertz CT molecular complexity index is 383. The lowest BCUT2D eigenvalue weighted by Crippen LogP contribution is -2.33. The maximum absolute atomic E-state index is 6.36. The summed E-state index contributed by atoms with van der Waals surface area (Å²) in [6, 6.07) is 7.06. The molecule has 0 radical (unpaired) electrons. The van der Waals surface area contributed by atoms with Crippen LogP contribution in [0, 0.1) is 19.8 Å². The Morgan fingerprint density at radius 1 is 1.22 bits per heavy atom. The fourth-order valence-electron chi connectivity index (χ4n) is 2.85. The molecule has 0 aliphatic heterocycles. The predicted octanol–water partition coefficient (Wildman–Crippen LogP) is 4.30. The molecule has 0 heterocycles. The first-order valence-corrected chi connectivity index (χ1v) is 8.11. The van der Waals surface area contributed by atoms with Gasteiger partial charge in [-0.2, -0.15) is 0 Å². The third-order valence-electron chi connectivity index (χ3n) is 4.02. The number of nitrogens with two attached hydrogens (primary N) is 1. The van der Waals surface area contributed by atoms with Crippen LogP contribution in [0.2, 0.25) is 0 Å². The van der Waals surface area contributed by atoms with E-state index in [2.05, 4.69) is 32.0 Å². The molecule has 0 spiro atoms. The van der Waals surface area contributed by atoms with Crippen molar-refractivity contribution in [1.29, 1.82) is 0 Å². The quantitative estimate of drug-likeness (QED) is 0.819. The first kappa shape index (κ1) is 14.0. The summed E-state index contributed by atoms with van der Waals surface area (Å²) in [6.07, 6.45) is 6.86. The highest BCUT2D eigenvalue weighted by atomic mass is 32.2. The van der Waals surface area contributed by atoms with Crippen LogP contribution in [0.3, 0.4) is 0 Å². The van der Waals surface area contributed by atoms with Gasteiger partial charge in [0, 0.05) is 16.7 Å². The number of thioether (sulfide) groups is 1. The van der Waals surface area contributed by atoms with Gasteiger partial charge in [0.15, 0.2) is 0 Å². The van der Waals surface area contributed by atoms with Crippen LogP contribution in [0.15, 0.2) is 23.1 Å². The van der Waals surface area contributed by atoms with Crippen LogP contribution < -0.4 is 5.73 Å². The van der Waals surface area contributed by atoms with Crippen LogP contribution in [-0.2, 0) is 0 Å². The van der Waals surface area contributed by atoms with Crippen molar-refractivity contribution in [1.82, 2.24) is 0 Å². The van der Waals surface area contributed by atoms with Crippen LogP contribution in [-0.4, -0.2) is 11.8 Å². The minimum atomic E-state index is 0.371. The summed E-state index contributed by atoms with van der Waals surface area (Å²) in [4.78, 5) is 1.40. The molecular formula is C16H25NS. The molecule has 1 fully saturated rings. The first-order chi connectivity index (χ1) is 8.66. The molecule has 0 amide bonds. The lowest BCUT2D eigenvalue weighted by atomic mass is 9.85. The fraction of sp³-hybridized carbons (Fsp3) is 0.625. The number of rotatable bonds is 4. The monoisotopic (exact) mass is 263 g/mol. The van der Waals surface area contributed by atoms with Crippen molar-refractivity contribution in [3.8, 4) is 0 Å². The zero-order valence-corrected chi connectivity index (χ0v) is 12.4. The molecule has 18 heavy (non-hydrogen) atoms. The Balaban J connectivity index is 1.86. The molecule has 1 atom stereocenters. The highest BCUT2D eigenvalue weighted by molar-refractivity contribution is 7.99. The second-order valence-electron chi connectivity index (χ2n) is 5.64. The van der Waals surface area contributed by atoms with E-state index in [4.69, 9.17) is 5.73 Å². The molecule has 1 saturated carbocycles. The predicted molar refractivity (Wildman–Crippen MR) is 81.2 cm³/mol. The van der Waals surface area contributed by atoms with Crippen molar-refractivity contribution in [2.75, 3.05) is 5.75 Å². The van der Waals surface area contributed by atoms with Crippen molar-refractivity contribution in [2.45, 2.75) is 56.9 Å². The smallest absolute Gasteiger partial charge is 0.0162 e. The molecular weight excluding hydrogens is 238 g/mol. The van der Waals surface area contributed by atoms with Gasteiger partial charge in [-0.3, -0.25) is 0 Å². The van der Waals surface area contributed by atoms with Gasteiger partial charge in [0.1, 0.15) is 0 Å². The Kier molecular flexibility index (Phi) is 5.13. The van der Waals surface area contributed by atoms with E-state index in [0.29, 0.717) is 6.04 Å². The van der Waals surface area contributed by atoms with E-state index in [-0.39, 0.29) is 0 Å². The molecule has 1 aromatic carbocycles. The summed E-state index contributed by atoms with van der Waals surface area (Å²) in [6.45, 7) is 4.34. The van der Waals surface area contributed by atoms with E-state index in [9.17, 15) is 0 Å². The molecule has 0 bridgehead atoms. The summed E-state index contributed by atoms with van der Waals surface area (Å²) >= 11 is 1.93.